The van der Waals surface area contributed by atoms with Gasteiger partial charge in [-0.25, -0.2) is 14.6 Å². The van der Waals surface area contributed by atoms with Crippen molar-refractivity contribution in [2.45, 2.75) is 25.5 Å². The van der Waals surface area contributed by atoms with Gasteiger partial charge in [-0.15, -0.1) is 0 Å². The predicted molar refractivity (Wildman–Crippen MR) is 126 cm³/mol. The minimum Gasteiger partial charge on any atom is -0.369 e. The van der Waals surface area contributed by atoms with Crippen molar-refractivity contribution in [3.8, 4) is 0 Å². The van der Waals surface area contributed by atoms with Crippen molar-refractivity contribution in [1.82, 2.24) is 25.1 Å². The molecule has 0 spiro atoms. The number of benzene rings is 1. The Hall–Kier alpha value is -3.47. The highest BCUT2D eigenvalue weighted by atomic mass is 32.2. The molecule has 0 bridgehead atoms. The number of carbonyl (C=O) groups excluding carboxylic acids is 1. The number of rotatable bonds is 10. The number of nitrogens with one attached hydrogen (secondary N) is 2. The molecule has 0 aliphatic heterocycles. The highest BCUT2D eigenvalue weighted by Crippen LogP contribution is 2.23. The number of amides is 1. The van der Waals surface area contributed by atoms with Gasteiger partial charge in [0.05, 0.1) is 23.1 Å². The van der Waals surface area contributed by atoms with Crippen molar-refractivity contribution in [3.05, 3.63) is 52.2 Å². The second kappa shape index (κ2) is 10.7. The average molecular weight is 456 g/mol. The Morgan fingerprint density at radius 3 is 2.69 bits per heavy atom. The number of thioether (sulfide) groups is 1. The lowest BCUT2D eigenvalue weighted by molar-refractivity contribution is -0.384. The van der Waals surface area contributed by atoms with E-state index in [4.69, 9.17) is 0 Å². The van der Waals surface area contributed by atoms with Crippen molar-refractivity contribution in [1.29, 1.82) is 0 Å². The maximum atomic E-state index is 12.1. The summed E-state index contributed by atoms with van der Waals surface area (Å²) in [7, 11) is 0. The number of anilines is 1. The van der Waals surface area contributed by atoms with Gasteiger partial charge in [0.2, 0.25) is 5.91 Å². The molecule has 2 N–H and O–H groups in total. The molecule has 1 amide bonds. The molecular weight excluding hydrogens is 430 g/mol. The number of nitro groups is 1. The maximum Gasteiger partial charge on any atom is 0.269 e. The summed E-state index contributed by atoms with van der Waals surface area (Å²) in [6.07, 6.45) is 6.65. The van der Waals surface area contributed by atoms with E-state index in [1.807, 2.05) is 6.26 Å². The van der Waals surface area contributed by atoms with Crippen molar-refractivity contribution in [2.75, 3.05) is 24.7 Å². The Labute approximate surface area is 189 Å². The number of aromatic nitrogens is 4. The summed E-state index contributed by atoms with van der Waals surface area (Å²) in [4.78, 5) is 31.5. The first-order valence-corrected chi connectivity index (χ1v) is 11.3. The molecule has 3 aromatic rings. The summed E-state index contributed by atoms with van der Waals surface area (Å²) in [5, 5.41) is 22.8. The molecule has 1 aromatic carbocycles. The van der Waals surface area contributed by atoms with Crippen molar-refractivity contribution >= 4 is 46.3 Å². The van der Waals surface area contributed by atoms with E-state index in [1.54, 1.807) is 29.1 Å². The summed E-state index contributed by atoms with van der Waals surface area (Å²) >= 11 is 1.46. The zero-order valence-corrected chi connectivity index (χ0v) is 18.9. The number of hydrogen-bond acceptors (Lipinski definition) is 8. The Morgan fingerprint density at radius 2 is 2.03 bits per heavy atom. The largest absolute Gasteiger partial charge is 0.369 e. The van der Waals surface area contributed by atoms with Crippen LogP contribution in [0.1, 0.15) is 19.4 Å². The number of carbonyl (C=O) groups is 1. The van der Waals surface area contributed by atoms with Crippen LogP contribution in [-0.4, -0.2) is 49.9 Å². The molecular formula is C21H25N7O3S. The van der Waals surface area contributed by atoms with E-state index in [1.165, 1.54) is 30.0 Å². The summed E-state index contributed by atoms with van der Waals surface area (Å²) in [5.74, 6) is 0.968. The Balaban J connectivity index is 1.61. The number of non-ortho nitro benzene ring substituents is 1. The van der Waals surface area contributed by atoms with Gasteiger partial charge in [0.15, 0.2) is 10.8 Å². The fraction of sp³-hybridized carbons (Fsp3) is 0.333. The highest BCUT2D eigenvalue weighted by Gasteiger charge is 2.13. The highest BCUT2D eigenvalue weighted by molar-refractivity contribution is 7.98. The number of hydrogen-bond donors (Lipinski definition) is 2. The molecule has 168 valence electrons. The van der Waals surface area contributed by atoms with Gasteiger partial charge in [0.1, 0.15) is 5.82 Å². The van der Waals surface area contributed by atoms with Crippen LogP contribution in [0.3, 0.4) is 0 Å². The predicted octanol–water partition coefficient (Wildman–Crippen LogP) is 3.35. The molecule has 32 heavy (non-hydrogen) atoms. The van der Waals surface area contributed by atoms with Crippen LogP contribution in [0.4, 0.5) is 11.5 Å². The van der Waals surface area contributed by atoms with Gasteiger partial charge < -0.3 is 10.6 Å². The fourth-order valence-electron chi connectivity index (χ4n) is 2.85. The fourth-order valence-corrected chi connectivity index (χ4v) is 3.21. The molecule has 3 rings (SSSR count). The van der Waals surface area contributed by atoms with E-state index in [2.05, 4.69) is 39.5 Å². The zero-order chi connectivity index (χ0) is 23.1. The maximum absolute atomic E-state index is 12.1. The van der Waals surface area contributed by atoms with E-state index < -0.39 is 4.92 Å². The third kappa shape index (κ3) is 6.03. The second-order valence-electron chi connectivity index (χ2n) is 7.41. The Kier molecular flexibility index (Phi) is 7.77. The van der Waals surface area contributed by atoms with Crippen LogP contribution in [-0.2, 0) is 11.3 Å². The molecule has 0 fully saturated rings. The topological polar surface area (TPSA) is 128 Å². The lowest BCUT2D eigenvalue weighted by Gasteiger charge is -2.10. The first-order valence-electron chi connectivity index (χ1n) is 10.1. The molecule has 11 heteroatoms. The number of fused-ring (bicyclic) bond motifs is 1. The van der Waals surface area contributed by atoms with Crippen molar-refractivity contribution in [2.24, 2.45) is 5.92 Å². The Bertz CT molecular complexity index is 1130. The Morgan fingerprint density at radius 1 is 1.28 bits per heavy atom. The average Bonchev–Trinajstić information content (AvgIpc) is 3.19. The van der Waals surface area contributed by atoms with Gasteiger partial charge in [0, 0.05) is 31.3 Å². The molecule has 0 saturated carbocycles. The van der Waals surface area contributed by atoms with Crippen LogP contribution in [0.25, 0.3) is 17.1 Å². The van der Waals surface area contributed by atoms with E-state index in [-0.39, 0.29) is 11.6 Å². The van der Waals surface area contributed by atoms with Crippen LogP contribution in [0.5, 0.6) is 0 Å². The molecule has 0 radical (unpaired) electrons. The lowest BCUT2D eigenvalue weighted by Crippen LogP contribution is -2.25. The van der Waals surface area contributed by atoms with Gasteiger partial charge in [-0.3, -0.25) is 14.9 Å². The molecule has 10 nitrogen and oxygen atoms in total. The minimum atomic E-state index is -0.463. The van der Waals surface area contributed by atoms with Gasteiger partial charge in [-0.2, -0.15) is 5.10 Å². The lowest BCUT2D eigenvalue weighted by atomic mass is 10.2. The third-order valence-electron chi connectivity index (χ3n) is 4.49. The number of nitrogens with zero attached hydrogens (tertiary/aromatic N) is 5. The molecule has 0 aliphatic carbocycles. The molecule has 0 saturated heterocycles. The van der Waals surface area contributed by atoms with Crippen LogP contribution in [0, 0.1) is 16.0 Å². The van der Waals surface area contributed by atoms with Crippen molar-refractivity contribution in [3.63, 3.8) is 0 Å². The quantitative estimate of drug-likeness (QED) is 0.157. The first kappa shape index (κ1) is 23.2. The number of nitro benzene ring substituents is 1. The van der Waals surface area contributed by atoms with Crippen LogP contribution in [0.2, 0.25) is 0 Å². The van der Waals surface area contributed by atoms with Crippen LogP contribution >= 0.6 is 11.8 Å². The monoisotopic (exact) mass is 455 g/mol. The first-order chi connectivity index (χ1) is 15.4. The van der Waals surface area contributed by atoms with Crippen molar-refractivity contribution < 1.29 is 9.72 Å². The third-order valence-corrected chi connectivity index (χ3v) is 5.04. The van der Waals surface area contributed by atoms with Gasteiger partial charge in [-0.05, 0) is 35.9 Å². The summed E-state index contributed by atoms with van der Waals surface area (Å²) in [6.45, 7) is 5.87. The molecule has 0 unspecified atom stereocenters. The summed E-state index contributed by atoms with van der Waals surface area (Å²) in [5.41, 5.74) is 1.42. The van der Waals surface area contributed by atoms with Gasteiger partial charge in [-0.1, -0.05) is 25.6 Å². The SMILES string of the molecule is CSc1nc(NCC(C)C)c2cnn(CCNC(=O)/C=C\c3ccc([N+](=O)[O-])cc3)c2n1. The summed E-state index contributed by atoms with van der Waals surface area (Å²) in [6, 6.07) is 5.97. The van der Waals surface area contributed by atoms with Crippen LogP contribution in [0.15, 0.2) is 41.7 Å². The van der Waals surface area contributed by atoms with Gasteiger partial charge >= 0.3 is 0 Å². The molecule has 0 atom stereocenters. The summed E-state index contributed by atoms with van der Waals surface area (Å²) < 4.78 is 1.75. The van der Waals surface area contributed by atoms with Crippen LogP contribution < -0.4 is 10.6 Å². The smallest absolute Gasteiger partial charge is 0.269 e. The molecule has 2 aromatic heterocycles. The minimum absolute atomic E-state index is 0.00838. The van der Waals surface area contributed by atoms with E-state index >= 15 is 0 Å². The standard InChI is InChI=1S/C21H25N7O3S/c1-14(2)12-23-19-17-13-24-27(20(17)26-21(25-19)32-3)11-10-22-18(29)9-6-15-4-7-16(8-5-15)28(30)31/h4-9,13-14H,10-12H2,1-3H3,(H,22,29)(H,23,25,26)/b9-6-. The van der Waals surface area contributed by atoms with E-state index in [0.29, 0.717) is 35.4 Å². The second-order valence-corrected chi connectivity index (χ2v) is 8.19. The molecule has 2 heterocycles. The van der Waals surface area contributed by atoms with Gasteiger partial charge in [0.25, 0.3) is 5.69 Å². The van der Waals surface area contributed by atoms with E-state index in [9.17, 15) is 14.9 Å². The zero-order valence-electron chi connectivity index (χ0n) is 18.1. The van der Waals surface area contributed by atoms with E-state index in [0.717, 1.165) is 17.7 Å². The normalized spacial score (nSPS) is 11.4. The molecule has 0 aliphatic rings.